The Labute approximate surface area is 110 Å². The minimum Gasteiger partial charge on any atom is -0.493 e. The lowest BCUT2D eigenvalue weighted by molar-refractivity contribution is -0.0488. The second-order valence-electron chi connectivity index (χ2n) is 5.42. The zero-order valence-corrected chi connectivity index (χ0v) is 11.5. The van der Waals surface area contributed by atoms with E-state index in [9.17, 15) is 5.11 Å². The Kier molecular flexibility index (Phi) is 4.28. The minimum atomic E-state index is -0.706. The van der Waals surface area contributed by atoms with Crippen LogP contribution in [0, 0.1) is 5.92 Å². The maximum absolute atomic E-state index is 11.0. The molecule has 0 spiro atoms. The predicted molar refractivity (Wildman–Crippen MR) is 73.8 cm³/mol. The molecule has 0 radical (unpaired) electrons. The zero-order valence-electron chi connectivity index (χ0n) is 11.5. The quantitative estimate of drug-likeness (QED) is 0.876. The van der Waals surface area contributed by atoms with Crippen molar-refractivity contribution in [3.05, 3.63) is 29.8 Å². The van der Waals surface area contributed by atoms with E-state index in [2.05, 4.69) is 13.8 Å². The van der Waals surface area contributed by atoms with Crippen LogP contribution in [0.5, 0.6) is 5.75 Å². The summed E-state index contributed by atoms with van der Waals surface area (Å²) >= 11 is 0. The second-order valence-corrected chi connectivity index (χ2v) is 5.42. The molecule has 1 aliphatic rings. The first-order valence-electron chi connectivity index (χ1n) is 7.13. The lowest BCUT2D eigenvalue weighted by atomic mass is 9.72. The van der Waals surface area contributed by atoms with E-state index in [1.165, 1.54) is 6.42 Å². The van der Waals surface area contributed by atoms with Crippen molar-refractivity contribution in [3.8, 4) is 5.75 Å². The molecule has 0 heterocycles. The monoisotopic (exact) mass is 248 g/mol. The summed E-state index contributed by atoms with van der Waals surface area (Å²) in [5.41, 5.74) is 0.272. The zero-order chi connectivity index (χ0) is 13.0. The summed E-state index contributed by atoms with van der Waals surface area (Å²) in [7, 11) is 0. The topological polar surface area (TPSA) is 29.5 Å². The summed E-state index contributed by atoms with van der Waals surface area (Å²) in [4.78, 5) is 0. The molecule has 1 fully saturated rings. The van der Waals surface area contributed by atoms with Crippen LogP contribution in [0.25, 0.3) is 0 Å². The average Bonchev–Trinajstić information content (AvgIpc) is 2.40. The highest BCUT2D eigenvalue weighted by atomic mass is 16.5. The van der Waals surface area contributed by atoms with Gasteiger partial charge in [0.25, 0.3) is 0 Å². The number of para-hydroxylation sites is 1. The van der Waals surface area contributed by atoms with Crippen LogP contribution in [0.1, 0.15) is 51.5 Å². The van der Waals surface area contributed by atoms with Crippen molar-refractivity contribution in [2.24, 2.45) is 5.92 Å². The number of ether oxygens (including phenoxy) is 1. The Morgan fingerprint density at radius 2 is 2.11 bits per heavy atom. The fourth-order valence-electron chi connectivity index (χ4n) is 2.89. The summed E-state index contributed by atoms with van der Waals surface area (Å²) in [6, 6.07) is 7.97. The van der Waals surface area contributed by atoms with Gasteiger partial charge >= 0.3 is 0 Å². The van der Waals surface area contributed by atoms with Gasteiger partial charge in [0.15, 0.2) is 0 Å². The first kappa shape index (κ1) is 13.4. The average molecular weight is 248 g/mol. The molecule has 1 aromatic carbocycles. The van der Waals surface area contributed by atoms with Gasteiger partial charge in [0, 0.05) is 5.56 Å². The molecule has 0 aliphatic heterocycles. The summed E-state index contributed by atoms with van der Waals surface area (Å²) < 4.78 is 5.79. The van der Waals surface area contributed by atoms with Crippen LogP contribution >= 0.6 is 0 Å². The predicted octanol–water partition coefficient (Wildman–Crippen LogP) is 3.87. The van der Waals surface area contributed by atoms with E-state index in [4.69, 9.17) is 4.74 Å². The van der Waals surface area contributed by atoms with Gasteiger partial charge in [-0.1, -0.05) is 44.9 Å². The molecule has 1 N–H and O–H groups in total. The number of hydrogen-bond donors (Lipinski definition) is 1. The molecule has 2 atom stereocenters. The van der Waals surface area contributed by atoms with Crippen molar-refractivity contribution in [1.82, 2.24) is 0 Å². The standard InChI is InChI=1S/C16H24O2/c1-3-12-18-15-10-5-4-9-14(15)16(17)11-7-6-8-13(16)2/h4-5,9-10,13,17H,3,6-8,11-12H2,1-2H3. The van der Waals surface area contributed by atoms with Gasteiger partial charge in [0.05, 0.1) is 12.2 Å². The molecule has 100 valence electrons. The first-order valence-corrected chi connectivity index (χ1v) is 7.13. The van der Waals surface area contributed by atoms with E-state index in [0.717, 1.165) is 37.0 Å². The lowest BCUT2D eigenvalue weighted by Gasteiger charge is -2.39. The molecule has 0 aromatic heterocycles. The van der Waals surface area contributed by atoms with Crippen LogP contribution in [0.4, 0.5) is 0 Å². The van der Waals surface area contributed by atoms with Crippen molar-refractivity contribution < 1.29 is 9.84 Å². The van der Waals surface area contributed by atoms with E-state index in [-0.39, 0.29) is 0 Å². The van der Waals surface area contributed by atoms with Crippen molar-refractivity contribution in [1.29, 1.82) is 0 Å². The van der Waals surface area contributed by atoms with Crippen LogP contribution in [0.15, 0.2) is 24.3 Å². The molecular formula is C16H24O2. The van der Waals surface area contributed by atoms with Gasteiger partial charge in [-0.05, 0) is 31.2 Å². The number of aliphatic hydroxyl groups is 1. The molecule has 1 aromatic rings. The van der Waals surface area contributed by atoms with Gasteiger partial charge < -0.3 is 9.84 Å². The molecule has 18 heavy (non-hydrogen) atoms. The van der Waals surface area contributed by atoms with Crippen LogP contribution in [-0.4, -0.2) is 11.7 Å². The number of rotatable bonds is 4. The molecule has 2 nitrogen and oxygen atoms in total. The molecule has 1 saturated carbocycles. The third kappa shape index (κ3) is 2.54. The minimum absolute atomic E-state index is 0.303. The highest BCUT2D eigenvalue weighted by Gasteiger charge is 2.39. The van der Waals surface area contributed by atoms with Gasteiger partial charge in [-0.3, -0.25) is 0 Å². The summed E-state index contributed by atoms with van der Waals surface area (Å²) in [5, 5.41) is 11.0. The summed E-state index contributed by atoms with van der Waals surface area (Å²) in [6.45, 7) is 4.96. The largest absolute Gasteiger partial charge is 0.493 e. The lowest BCUT2D eigenvalue weighted by Crippen LogP contribution is -2.36. The molecular weight excluding hydrogens is 224 g/mol. The third-order valence-electron chi connectivity index (χ3n) is 4.08. The SMILES string of the molecule is CCCOc1ccccc1C1(O)CCCCC1C. The van der Waals surface area contributed by atoms with Gasteiger partial charge in [0.2, 0.25) is 0 Å². The Hall–Kier alpha value is -1.02. The molecule has 1 aliphatic carbocycles. The van der Waals surface area contributed by atoms with Crippen LogP contribution in [0.3, 0.4) is 0 Å². The van der Waals surface area contributed by atoms with Gasteiger partial charge in [-0.25, -0.2) is 0 Å². The van der Waals surface area contributed by atoms with Gasteiger partial charge in [-0.2, -0.15) is 0 Å². The molecule has 0 bridgehead atoms. The van der Waals surface area contributed by atoms with Crippen molar-refractivity contribution in [2.45, 2.75) is 51.6 Å². The number of hydrogen-bond acceptors (Lipinski definition) is 2. The molecule has 2 unspecified atom stereocenters. The molecule has 0 saturated heterocycles. The van der Waals surface area contributed by atoms with Crippen molar-refractivity contribution in [3.63, 3.8) is 0 Å². The van der Waals surface area contributed by atoms with Crippen LogP contribution in [-0.2, 0) is 5.60 Å². The fourth-order valence-corrected chi connectivity index (χ4v) is 2.89. The van der Waals surface area contributed by atoms with E-state index >= 15 is 0 Å². The van der Waals surface area contributed by atoms with Crippen molar-refractivity contribution >= 4 is 0 Å². The smallest absolute Gasteiger partial charge is 0.125 e. The Balaban J connectivity index is 2.30. The Morgan fingerprint density at radius 3 is 2.83 bits per heavy atom. The van der Waals surface area contributed by atoms with E-state index < -0.39 is 5.60 Å². The van der Waals surface area contributed by atoms with Gasteiger partial charge in [-0.15, -0.1) is 0 Å². The van der Waals surface area contributed by atoms with E-state index in [1.54, 1.807) is 0 Å². The van der Waals surface area contributed by atoms with E-state index in [1.807, 2.05) is 24.3 Å². The second kappa shape index (κ2) is 5.75. The van der Waals surface area contributed by atoms with Crippen LogP contribution in [0.2, 0.25) is 0 Å². The van der Waals surface area contributed by atoms with Gasteiger partial charge in [0.1, 0.15) is 5.75 Å². The molecule has 2 rings (SSSR count). The molecule has 0 amide bonds. The normalized spacial score (nSPS) is 28.1. The fraction of sp³-hybridized carbons (Fsp3) is 0.625. The summed E-state index contributed by atoms with van der Waals surface area (Å²) in [6.07, 6.45) is 5.26. The van der Waals surface area contributed by atoms with Crippen molar-refractivity contribution in [2.75, 3.05) is 6.61 Å². The summed E-state index contributed by atoms with van der Waals surface area (Å²) in [5.74, 6) is 1.16. The maximum atomic E-state index is 11.0. The van der Waals surface area contributed by atoms with E-state index in [0.29, 0.717) is 12.5 Å². The highest BCUT2D eigenvalue weighted by Crippen LogP contribution is 2.44. The Bertz CT molecular complexity index is 388. The first-order chi connectivity index (χ1) is 8.68. The van der Waals surface area contributed by atoms with Crippen LogP contribution < -0.4 is 4.74 Å². The maximum Gasteiger partial charge on any atom is 0.125 e. The third-order valence-corrected chi connectivity index (χ3v) is 4.08. The highest BCUT2D eigenvalue weighted by molar-refractivity contribution is 5.38. The molecule has 2 heteroatoms. The Morgan fingerprint density at radius 1 is 1.33 bits per heavy atom. The number of benzene rings is 1.